The molecule has 2 aliphatic carbocycles. The van der Waals surface area contributed by atoms with Crippen molar-refractivity contribution in [2.75, 3.05) is 19.6 Å². The number of hydrogen-bond acceptors (Lipinski definition) is 2. The van der Waals surface area contributed by atoms with E-state index in [9.17, 15) is 9.59 Å². The molecule has 1 saturated heterocycles. The number of benzene rings is 1. The number of rotatable bonds is 5. The van der Waals surface area contributed by atoms with Gasteiger partial charge in [-0.2, -0.15) is 0 Å². The third-order valence-electron chi connectivity index (χ3n) is 6.37. The summed E-state index contributed by atoms with van der Waals surface area (Å²) in [6, 6.07) is 10.4. The van der Waals surface area contributed by atoms with Crippen LogP contribution in [-0.2, 0) is 9.59 Å². The third-order valence-corrected chi connectivity index (χ3v) is 6.37. The Balaban J connectivity index is 1.47. The van der Waals surface area contributed by atoms with Gasteiger partial charge in [-0.15, -0.1) is 0 Å². The molecule has 3 aliphatic rings. The standard InChI is InChI=1S/C22H30N2O2/c25-21(23-13-16-10-11-16)20-12-19(17-6-2-1-3-7-17)14-24(15-20)22(26)18-8-4-5-9-18/h1-3,6-7,16,18-20H,4-5,8-15H2,(H,23,25). The summed E-state index contributed by atoms with van der Waals surface area (Å²) in [5.74, 6) is 1.46. The molecule has 1 aromatic rings. The molecular weight excluding hydrogens is 324 g/mol. The second-order valence-corrected chi connectivity index (χ2v) is 8.45. The van der Waals surface area contributed by atoms with Crippen molar-refractivity contribution in [2.45, 2.75) is 50.9 Å². The number of hydrogen-bond donors (Lipinski definition) is 1. The molecule has 0 bridgehead atoms. The first-order valence-corrected chi connectivity index (χ1v) is 10.3. The van der Waals surface area contributed by atoms with E-state index >= 15 is 0 Å². The van der Waals surface area contributed by atoms with Gasteiger partial charge >= 0.3 is 0 Å². The van der Waals surface area contributed by atoms with Gasteiger partial charge in [0, 0.05) is 31.5 Å². The fourth-order valence-corrected chi connectivity index (χ4v) is 4.58. The second-order valence-electron chi connectivity index (χ2n) is 8.45. The third kappa shape index (κ3) is 4.11. The van der Waals surface area contributed by atoms with Crippen molar-refractivity contribution in [3.8, 4) is 0 Å². The van der Waals surface area contributed by atoms with E-state index in [-0.39, 0.29) is 29.6 Å². The van der Waals surface area contributed by atoms with Gasteiger partial charge in [0.1, 0.15) is 0 Å². The first-order valence-electron chi connectivity index (χ1n) is 10.3. The van der Waals surface area contributed by atoms with Crippen molar-refractivity contribution in [1.29, 1.82) is 0 Å². The van der Waals surface area contributed by atoms with Gasteiger partial charge in [0.25, 0.3) is 0 Å². The van der Waals surface area contributed by atoms with Gasteiger partial charge in [-0.3, -0.25) is 9.59 Å². The van der Waals surface area contributed by atoms with Crippen LogP contribution < -0.4 is 5.32 Å². The topological polar surface area (TPSA) is 49.4 Å². The molecular formula is C22H30N2O2. The number of amides is 2. The van der Waals surface area contributed by atoms with Crippen LogP contribution in [0.3, 0.4) is 0 Å². The number of likely N-dealkylation sites (tertiary alicyclic amines) is 1. The molecule has 1 aromatic carbocycles. The molecule has 2 unspecified atom stereocenters. The maximum absolute atomic E-state index is 13.0. The van der Waals surface area contributed by atoms with Gasteiger partial charge in [0.05, 0.1) is 5.92 Å². The molecule has 1 aliphatic heterocycles. The van der Waals surface area contributed by atoms with E-state index in [0.29, 0.717) is 12.5 Å². The minimum absolute atomic E-state index is 0.0851. The van der Waals surface area contributed by atoms with Gasteiger partial charge in [-0.25, -0.2) is 0 Å². The number of piperidine rings is 1. The highest BCUT2D eigenvalue weighted by Crippen LogP contribution is 2.34. The van der Waals surface area contributed by atoms with Crippen molar-refractivity contribution in [3.63, 3.8) is 0 Å². The minimum Gasteiger partial charge on any atom is -0.356 e. The highest BCUT2D eigenvalue weighted by molar-refractivity contribution is 5.82. The van der Waals surface area contributed by atoms with Crippen LogP contribution in [0, 0.1) is 17.8 Å². The van der Waals surface area contributed by atoms with E-state index in [2.05, 4.69) is 29.6 Å². The van der Waals surface area contributed by atoms with Crippen LogP contribution in [0.15, 0.2) is 30.3 Å². The molecule has 140 valence electrons. The Morgan fingerprint density at radius 3 is 2.38 bits per heavy atom. The lowest BCUT2D eigenvalue weighted by Crippen LogP contribution is -2.49. The van der Waals surface area contributed by atoms with E-state index in [4.69, 9.17) is 0 Å². The lowest BCUT2D eigenvalue weighted by atomic mass is 9.83. The summed E-state index contributed by atoms with van der Waals surface area (Å²) in [4.78, 5) is 27.8. The summed E-state index contributed by atoms with van der Waals surface area (Å²) in [5.41, 5.74) is 1.25. The number of carbonyl (C=O) groups is 2. The van der Waals surface area contributed by atoms with E-state index in [1.54, 1.807) is 0 Å². The molecule has 0 radical (unpaired) electrons. The van der Waals surface area contributed by atoms with Gasteiger partial charge < -0.3 is 10.2 Å². The van der Waals surface area contributed by atoms with Crippen molar-refractivity contribution >= 4 is 11.8 Å². The fourth-order valence-electron chi connectivity index (χ4n) is 4.58. The van der Waals surface area contributed by atoms with E-state index < -0.39 is 0 Å². The lowest BCUT2D eigenvalue weighted by Gasteiger charge is -2.38. The Kier molecular flexibility index (Phi) is 5.28. The smallest absolute Gasteiger partial charge is 0.225 e. The van der Waals surface area contributed by atoms with Gasteiger partial charge in [-0.05, 0) is 43.6 Å². The van der Waals surface area contributed by atoms with E-state index in [1.807, 2.05) is 11.0 Å². The monoisotopic (exact) mass is 354 g/mol. The van der Waals surface area contributed by atoms with Crippen molar-refractivity contribution < 1.29 is 9.59 Å². The highest BCUT2D eigenvalue weighted by atomic mass is 16.2. The molecule has 26 heavy (non-hydrogen) atoms. The number of nitrogens with zero attached hydrogens (tertiary/aromatic N) is 1. The average molecular weight is 354 g/mol. The molecule has 2 saturated carbocycles. The lowest BCUT2D eigenvalue weighted by molar-refractivity contribution is -0.139. The summed E-state index contributed by atoms with van der Waals surface area (Å²) >= 11 is 0. The summed E-state index contributed by atoms with van der Waals surface area (Å²) in [6.45, 7) is 2.16. The zero-order valence-electron chi connectivity index (χ0n) is 15.5. The zero-order chi connectivity index (χ0) is 17.9. The van der Waals surface area contributed by atoms with Gasteiger partial charge in [-0.1, -0.05) is 43.2 Å². The minimum atomic E-state index is -0.0851. The quantitative estimate of drug-likeness (QED) is 0.882. The predicted molar refractivity (Wildman–Crippen MR) is 102 cm³/mol. The maximum Gasteiger partial charge on any atom is 0.225 e. The number of carbonyl (C=O) groups excluding carboxylic acids is 2. The summed E-state index contributed by atoms with van der Waals surface area (Å²) in [5, 5.41) is 3.14. The highest BCUT2D eigenvalue weighted by Gasteiger charge is 2.37. The summed E-state index contributed by atoms with van der Waals surface area (Å²) in [7, 11) is 0. The maximum atomic E-state index is 13.0. The van der Waals surface area contributed by atoms with Crippen LogP contribution in [0.1, 0.15) is 56.4 Å². The summed E-state index contributed by atoms with van der Waals surface area (Å²) in [6.07, 6.45) is 7.69. The van der Waals surface area contributed by atoms with E-state index in [0.717, 1.165) is 45.2 Å². The first-order chi connectivity index (χ1) is 12.7. The molecule has 0 aromatic heterocycles. The Bertz CT molecular complexity index is 635. The Hall–Kier alpha value is -1.84. The van der Waals surface area contributed by atoms with Gasteiger partial charge in [0.2, 0.25) is 11.8 Å². The predicted octanol–water partition coefficient (Wildman–Crippen LogP) is 3.34. The fraction of sp³-hybridized carbons (Fsp3) is 0.636. The molecule has 4 rings (SSSR count). The largest absolute Gasteiger partial charge is 0.356 e. The van der Waals surface area contributed by atoms with Crippen LogP contribution in [0.5, 0.6) is 0 Å². The molecule has 4 nitrogen and oxygen atoms in total. The van der Waals surface area contributed by atoms with Crippen LogP contribution in [0.2, 0.25) is 0 Å². The summed E-state index contributed by atoms with van der Waals surface area (Å²) < 4.78 is 0. The molecule has 2 atom stereocenters. The van der Waals surface area contributed by atoms with Crippen molar-refractivity contribution in [3.05, 3.63) is 35.9 Å². The Labute approximate surface area is 156 Å². The molecule has 2 amide bonds. The SMILES string of the molecule is O=C(NCC1CC1)C1CC(c2ccccc2)CN(C(=O)C2CCCC2)C1. The molecule has 4 heteroatoms. The van der Waals surface area contributed by atoms with Crippen molar-refractivity contribution in [1.82, 2.24) is 10.2 Å². The van der Waals surface area contributed by atoms with E-state index in [1.165, 1.54) is 18.4 Å². The molecule has 1 heterocycles. The zero-order valence-corrected chi connectivity index (χ0v) is 15.5. The molecule has 1 N–H and O–H groups in total. The van der Waals surface area contributed by atoms with Gasteiger partial charge in [0.15, 0.2) is 0 Å². The molecule has 0 spiro atoms. The van der Waals surface area contributed by atoms with Crippen LogP contribution in [0.4, 0.5) is 0 Å². The van der Waals surface area contributed by atoms with Crippen LogP contribution >= 0.6 is 0 Å². The normalized spacial score (nSPS) is 26.7. The van der Waals surface area contributed by atoms with Crippen molar-refractivity contribution in [2.24, 2.45) is 17.8 Å². The number of nitrogens with one attached hydrogen (secondary N) is 1. The Morgan fingerprint density at radius 2 is 1.69 bits per heavy atom. The molecule has 3 fully saturated rings. The second kappa shape index (κ2) is 7.81. The van der Waals surface area contributed by atoms with Crippen LogP contribution in [0.25, 0.3) is 0 Å². The van der Waals surface area contributed by atoms with Crippen LogP contribution in [-0.4, -0.2) is 36.3 Å². The average Bonchev–Trinajstić information content (AvgIpc) is 3.36. The first kappa shape index (κ1) is 17.6. The Morgan fingerprint density at radius 1 is 0.962 bits per heavy atom.